The summed E-state index contributed by atoms with van der Waals surface area (Å²) in [5.41, 5.74) is 16.7. The molecule has 2 atom stereocenters. The number of hydrogen-bond acceptors (Lipinski definition) is 4. The minimum absolute atomic E-state index is 0.157. The summed E-state index contributed by atoms with van der Waals surface area (Å²) in [7, 11) is 0. The molecule has 4 heterocycles. The van der Waals surface area contributed by atoms with Gasteiger partial charge in [0.1, 0.15) is 0 Å². The fraction of sp³-hybridized carbons (Fsp3) is 0.0980. The van der Waals surface area contributed by atoms with Gasteiger partial charge in [-0.25, -0.2) is 0 Å². The van der Waals surface area contributed by atoms with Crippen molar-refractivity contribution in [3.63, 3.8) is 0 Å². The van der Waals surface area contributed by atoms with Crippen molar-refractivity contribution in [2.24, 2.45) is 10.9 Å². The third-order valence-electron chi connectivity index (χ3n) is 11.3. The van der Waals surface area contributed by atoms with Crippen molar-refractivity contribution < 1.29 is 0 Å². The van der Waals surface area contributed by atoms with E-state index in [-0.39, 0.29) is 11.8 Å². The number of aryl methyl sites for hydroxylation is 1. The molecular weight excluding hydrogens is 669 g/mol. The minimum Gasteiger partial charge on any atom is -0.255 e. The smallest absolute Gasteiger partial charge is 0.0970 e. The van der Waals surface area contributed by atoms with E-state index in [1.165, 1.54) is 39.1 Å². The topological polar surface area (TPSA) is 51.0 Å². The first kappa shape index (κ1) is 32.8. The summed E-state index contributed by atoms with van der Waals surface area (Å²) in [6.45, 7) is 4.43. The highest BCUT2D eigenvalue weighted by atomic mass is 14.8. The normalized spacial score (nSPS) is 15.3. The van der Waals surface area contributed by atoms with Crippen LogP contribution in [0.2, 0.25) is 0 Å². The van der Waals surface area contributed by atoms with Crippen LogP contribution in [-0.4, -0.2) is 20.7 Å². The van der Waals surface area contributed by atoms with Crippen LogP contribution in [0.15, 0.2) is 175 Å². The van der Waals surface area contributed by atoms with Gasteiger partial charge < -0.3 is 0 Å². The highest BCUT2D eigenvalue weighted by molar-refractivity contribution is 6.12. The van der Waals surface area contributed by atoms with Crippen LogP contribution in [0, 0.1) is 12.8 Å². The third kappa shape index (κ3) is 5.78. The Labute approximate surface area is 320 Å². The lowest BCUT2D eigenvalue weighted by atomic mass is 9.75. The SMILES string of the molecule is Cc1cc(-c2ccccc2)c2ccc3c(c2n1)N=C(Cc1cccc(-c2ccnc4c2ccc2c(-c5ccccc5)ccnc24)c1)C(C)C3c1ccccc1. The standard InChI is InChI=1S/C51H38N4/c1-32-29-45(36-16-8-4-9-17-36)43-23-24-44-47(37-18-10-5-11-19-37)33(2)46(55-51(44)50(43)54-32)31-34-13-12-20-38(30-34)40-26-28-53-49-42(40)22-21-41-39(25-27-52-48(41)49)35-14-6-3-7-15-35/h3-30,33,47H,31H2,1-2H3. The first-order valence-electron chi connectivity index (χ1n) is 19.0. The molecule has 262 valence electrons. The maximum Gasteiger partial charge on any atom is 0.0970 e. The van der Waals surface area contributed by atoms with Crippen molar-refractivity contribution in [1.29, 1.82) is 0 Å². The molecule has 0 N–H and O–H groups in total. The Bertz CT molecular complexity index is 2920. The van der Waals surface area contributed by atoms with Crippen LogP contribution in [0.1, 0.15) is 35.2 Å². The van der Waals surface area contributed by atoms with Gasteiger partial charge in [-0.3, -0.25) is 19.9 Å². The Morgan fingerprint density at radius 2 is 1.07 bits per heavy atom. The molecular formula is C51H38N4. The molecule has 0 saturated heterocycles. The van der Waals surface area contributed by atoms with Crippen molar-refractivity contribution in [2.75, 3.05) is 0 Å². The zero-order chi connectivity index (χ0) is 36.9. The lowest BCUT2D eigenvalue weighted by Crippen LogP contribution is -2.26. The first-order valence-corrected chi connectivity index (χ1v) is 19.0. The van der Waals surface area contributed by atoms with E-state index >= 15 is 0 Å². The average Bonchev–Trinajstić information content (AvgIpc) is 3.24. The Morgan fingerprint density at radius 1 is 0.509 bits per heavy atom. The average molecular weight is 707 g/mol. The highest BCUT2D eigenvalue weighted by Gasteiger charge is 2.33. The molecule has 1 aliphatic heterocycles. The van der Waals surface area contributed by atoms with Gasteiger partial charge in [-0.2, -0.15) is 0 Å². The molecule has 0 fully saturated rings. The van der Waals surface area contributed by atoms with Crippen molar-refractivity contribution in [3.8, 4) is 33.4 Å². The fourth-order valence-corrected chi connectivity index (χ4v) is 8.69. The van der Waals surface area contributed by atoms with E-state index in [1.54, 1.807) is 0 Å². The second kappa shape index (κ2) is 13.6. The predicted molar refractivity (Wildman–Crippen MR) is 228 cm³/mol. The number of rotatable bonds is 6. The quantitative estimate of drug-likeness (QED) is 0.162. The summed E-state index contributed by atoms with van der Waals surface area (Å²) in [6.07, 6.45) is 4.55. The molecule has 4 heteroatoms. The van der Waals surface area contributed by atoms with Gasteiger partial charge in [0, 0.05) is 58.2 Å². The predicted octanol–water partition coefficient (Wildman–Crippen LogP) is 12.7. The molecule has 9 aromatic rings. The van der Waals surface area contributed by atoms with E-state index < -0.39 is 0 Å². The van der Waals surface area contributed by atoms with E-state index in [4.69, 9.17) is 19.9 Å². The Hall–Kier alpha value is -6.78. The van der Waals surface area contributed by atoms with Gasteiger partial charge in [0.15, 0.2) is 0 Å². The molecule has 0 bridgehead atoms. The van der Waals surface area contributed by atoms with Crippen LogP contribution in [-0.2, 0) is 6.42 Å². The number of fused-ring (bicyclic) bond motifs is 6. The largest absolute Gasteiger partial charge is 0.255 e. The number of pyridine rings is 3. The van der Waals surface area contributed by atoms with Gasteiger partial charge in [-0.05, 0) is 75.2 Å². The summed E-state index contributed by atoms with van der Waals surface area (Å²) in [4.78, 5) is 20.5. The molecule has 4 nitrogen and oxygen atoms in total. The maximum absolute atomic E-state index is 5.56. The van der Waals surface area contributed by atoms with Gasteiger partial charge >= 0.3 is 0 Å². The zero-order valence-corrected chi connectivity index (χ0v) is 30.8. The van der Waals surface area contributed by atoms with E-state index in [2.05, 4.69) is 166 Å². The van der Waals surface area contributed by atoms with Crippen molar-refractivity contribution >= 4 is 44.1 Å². The monoisotopic (exact) mass is 706 g/mol. The van der Waals surface area contributed by atoms with Crippen LogP contribution in [0.25, 0.3) is 66.1 Å². The van der Waals surface area contributed by atoms with Crippen LogP contribution >= 0.6 is 0 Å². The van der Waals surface area contributed by atoms with E-state index in [9.17, 15) is 0 Å². The lowest BCUT2D eigenvalue weighted by Gasteiger charge is -2.32. The fourth-order valence-electron chi connectivity index (χ4n) is 8.69. The Balaban J connectivity index is 1.08. The number of hydrogen-bond donors (Lipinski definition) is 0. The second-order valence-electron chi connectivity index (χ2n) is 14.7. The summed E-state index contributed by atoms with van der Waals surface area (Å²) >= 11 is 0. The van der Waals surface area contributed by atoms with Gasteiger partial charge in [0.05, 0.1) is 22.2 Å². The molecule has 10 rings (SSSR count). The summed E-state index contributed by atoms with van der Waals surface area (Å²) in [6, 6.07) is 56.3. The van der Waals surface area contributed by atoms with Crippen LogP contribution in [0.5, 0.6) is 0 Å². The molecule has 2 unspecified atom stereocenters. The number of aliphatic imine (C=N–C) groups is 1. The van der Waals surface area contributed by atoms with E-state index in [1.807, 2.05) is 18.5 Å². The number of aromatic nitrogens is 3. The van der Waals surface area contributed by atoms with Crippen LogP contribution < -0.4 is 0 Å². The molecule has 0 saturated carbocycles. The number of benzene rings is 6. The van der Waals surface area contributed by atoms with Crippen molar-refractivity contribution in [2.45, 2.75) is 26.2 Å². The van der Waals surface area contributed by atoms with Crippen LogP contribution in [0.4, 0.5) is 5.69 Å². The van der Waals surface area contributed by atoms with Crippen molar-refractivity contribution in [3.05, 3.63) is 193 Å². The molecule has 0 aliphatic carbocycles. The maximum atomic E-state index is 5.56. The molecule has 3 aromatic heterocycles. The van der Waals surface area contributed by atoms with E-state index in [0.717, 1.165) is 67.2 Å². The molecule has 1 aliphatic rings. The van der Waals surface area contributed by atoms with Crippen LogP contribution in [0.3, 0.4) is 0 Å². The minimum atomic E-state index is 0.157. The van der Waals surface area contributed by atoms with Gasteiger partial charge in [0.25, 0.3) is 0 Å². The molecule has 55 heavy (non-hydrogen) atoms. The summed E-state index contributed by atoms with van der Waals surface area (Å²) in [5.74, 6) is 0.344. The second-order valence-corrected chi connectivity index (χ2v) is 14.7. The Kier molecular flexibility index (Phi) is 8.10. The molecule has 0 spiro atoms. The van der Waals surface area contributed by atoms with Gasteiger partial charge in [-0.1, -0.05) is 146 Å². The third-order valence-corrected chi connectivity index (χ3v) is 11.3. The van der Waals surface area contributed by atoms with Crippen molar-refractivity contribution in [1.82, 2.24) is 15.0 Å². The van der Waals surface area contributed by atoms with E-state index in [0.29, 0.717) is 0 Å². The lowest BCUT2D eigenvalue weighted by molar-refractivity contribution is 0.641. The highest BCUT2D eigenvalue weighted by Crippen LogP contribution is 2.47. The summed E-state index contributed by atoms with van der Waals surface area (Å²) < 4.78 is 0. The van der Waals surface area contributed by atoms with Gasteiger partial charge in [-0.15, -0.1) is 0 Å². The number of nitrogens with zero attached hydrogens (tertiary/aromatic N) is 4. The van der Waals surface area contributed by atoms with Gasteiger partial charge in [0.2, 0.25) is 0 Å². The first-order chi connectivity index (χ1) is 27.1. The summed E-state index contributed by atoms with van der Waals surface area (Å²) in [5, 5.41) is 3.32. The molecule has 0 radical (unpaired) electrons. The molecule has 0 amide bonds. The zero-order valence-electron chi connectivity index (χ0n) is 30.8. The molecule has 6 aromatic carbocycles. The Morgan fingerprint density at radius 3 is 1.75 bits per heavy atom.